The number of aromatic carboxylic acids is 2. The highest BCUT2D eigenvalue weighted by molar-refractivity contribution is 5.92. The van der Waals surface area contributed by atoms with E-state index < -0.39 is 11.9 Å². The van der Waals surface area contributed by atoms with Crippen LogP contribution in [0, 0.1) is 0 Å². The number of hydrogen-bond acceptors (Lipinski definition) is 6. The molecule has 4 heterocycles. The van der Waals surface area contributed by atoms with Gasteiger partial charge in [0.1, 0.15) is 11.4 Å². The van der Waals surface area contributed by atoms with Crippen LogP contribution in [0.3, 0.4) is 0 Å². The number of carboxylic acid groups (broad SMARTS) is 2. The molecule has 1 aromatic carbocycles. The van der Waals surface area contributed by atoms with E-state index in [0.29, 0.717) is 16.8 Å². The fourth-order valence-corrected chi connectivity index (χ4v) is 3.72. The van der Waals surface area contributed by atoms with Crippen molar-refractivity contribution in [3.63, 3.8) is 0 Å². The summed E-state index contributed by atoms with van der Waals surface area (Å²) in [6.07, 6.45) is 1.73. The van der Waals surface area contributed by atoms with Crippen molar-refractivity contribution < 1.29 is 19.8 Å². The number of hydrogen-bond donors (Lipinski definition) is 2. The predicted molar refractivity (Wildman–Crippen MR) is 133 cm³/mol. The van der Waals surface area contributed by atoms with E-state index in [-0.39, 0.29) is 11.4 Å². The van der Waals surface area contributed by atoms with Crippen LogP contribution in [-0.4, -0.2) is 42.1 Å². The standard InChI is InChI=1S/C28H18N4O4/c33-27(34)25-15-19(16-26(32-25)28(35)36)17-10-12-18(13-11-17)20-6-3-8-23(30-20)24-9-4-7-22(31-24)21-5-1-2-14-29-21/h1-16H,(H,33,34)(H,35,36). The maximum absolute atomic E-state index is 11.4. The molecule has 5 aromatic rings. The van der Waals surface area contributed by atoms with Crippen LogP contribution in [0.4, 0.5) is 0 Å². The molecule has 0 fully saturated rings. The van der Waals surface area contributed by atoms with Gasteiger partial charge in [-0.3, -0.25) is 4.98 Å². The van der Waals surface area contributed by atoms with E-state index in [2.05, 4.69) is 9.97 Å². The van der Waals surface area contributed by atoms with Gasteiger partial charge in [-0.15, -0.1) is 0 Å². The first-order valence-corrected chi connectivity index (χ1v) is 10.9. The zero-order valence-electron chi connectivity index (χ0n) is 18.7. The number of pyridine rings is 4. The number of benzene rings is 1. The molecular weight excluding hydrogens is 456 g/mol. The third kappa shape index (κ3) is 4.69. The molecule has 2 N–H and O–H groups in total. The lowest BCUT2D eigenvalue weighted by molar-refractivity contribution is 0.0685. The lowest BCUT2D eigenvalue weighted by Crippen LogP contribution is -2.07. The molecule has 4 aromatic heterocycles. The zero-order valence-corrected chi connectivity index (χ0v) is 18.7. The van der Waals surface area contributed by atoms with Gasteiger partial charge < -0.3 is 10.2 Å². The number of nitrogens with zero attached hydrogens (tertiary/aromatic N) is 4. The van der Waals surface area contributed by atoms with Gasteiger partial charge >= 0.3 is 11.9 Å². The first-order chi connectivity index (χ1) is 17.5. The molecule has 0 spiro atoms. The molecule has 0 bridgehead atoms. The minimum Gasteiger partial charge on any atom is -0.477 e. The first-order valence-electron chi connectivity index (χ1n) is 10.9. The Hall–Kier alpha value is -5.24. The topological polar surface area (TPSA) is 126 Å². The summed E-state index contributed by atoms with van der Waals surface area (Å²) in [6, 6.07) is 27.0. The van der Waals surface area contributed by atoms with E-state index in [1.807, 2.05) is 66.7 Å². The molecule has 8 nitrogen and oxygen atoms in total. The fraction of sp³-hybridized carbons (Fsp3) is 0. The van der Waals surface area contributed by atoms with Crippen molar-refractivity contribution in [2.45, 2.75) is 0 Å². The Bertz CT molecular complexity index is 1550. The summed E-state index contributed by atoms with van der Waals surface area (Å²) in [5.74, 6) is -2.59. The van der Waals surface area contributed by atoms with Crippen LogP contribution < -0.4 is 0 Å². The van der Waals surface area contributed by atoms with Crippen LogP contribution in [0.1, 0.15) is 21.0 Å². The lowest BCUT2D eigenvalue weighted by atomic mass is 10.0. The molecule has 0 saturated carbocycles. The molecule has 0 aliphatic carbocycles. The van der Waals surface area contributed by atoms with Crippen molar-refractivity contribution in [1.82, 2.24) is 19.9 Å². The first kappa shape index (κ1) is 22.5. The number of carboxylic acids is 2. The number of aromatic nitrogens is 4. The highest BCUT2D eigenvalue weighted by atomic mass is 16.4. The zero-order chi connectivity index (χ0) is 25.1. The summed E-state index contributed by atoms with van der Waals surface area (Å²) < 4.78 is 0. The summed E-state index contributed by atoms with van der Waals surface area (Å²) in [4.78, 5) is 40.3. The molecule has 36 heavy (non-hydrogen) atoms. The lowest BCUT2D eigenvalue weighted by Gasteiger charge is -2.08. The molecule has 0 atom stereocenters. The van der Waals surface area contributed by atoms with Gasteiger partial charge in [0, 0.05) is 11.8 Å². The molecule has 5 rings (SSSR count). The van der Waals surface area contributed by atoms with Gasteiger partial charge in [-0.05, 0) is 59.7 Å². The van der Waals surface area contributed by atoms with E-state index in [0.717, 1.165) is 28.3 Å². The molecule has 174 valence electrons. The summed E-state index contributed by atoms with van der Waals surface area (Å²) in [5.41, 5.74) is 4.98. The van der Waals surface area contributed by atoms with Crippen molar-refractivity contribution in [2.75, 3.05) is 0 Å². The van der Waals surface area contributed by atoms with Crippen molar-refractivity contribution in [1.29, 1.82) is 0 Å². The van der Waals surface area contributed by atoms with Crippen molar-refractivity contribution in [3.05, 3.63) is 109 Å². The predicted octanol–water partition coefficient (Wildman–Crippen LogP) is 5.33. The SMILES string of the molecule is O=C(O)c1cc(-c2ccc(-c3cccc(-c4cccc(-c5ccccn5)n4)n3)cc2)cc(C(=O)O)n1. The van der Waals surface area contributed by atoms with Gasteiger partial charge in [-0.1, -0.05) is 42.5 Å². The minimum absolute atomic E-state index is 0.330. The van der Waals surface area contributed by atoms with E-state index >= 15 is 0 Å². The van der Waals surface area contributed by atoms with Crippen LogP contribution in [0.5, 0.6) is 0 Å². The van der Waals surface area contributed by atoms with Crippen molar-refractivity contribution >= 4 is 11.9 Å². The van der Waals surface area contributed by atoms with E-state index in [9.17, 15) is 19.8 Å². The second-order valence-corrected chi connectivity index (χ2v) is 7.85. The van der Waals surface area contributed by atoms with E-state index in [4.69, 9.17) is 9.97 Å². The Labute approximate surface area is 205 Å². The Morgan fingerprint density at radius 3 is 1.56 bits per heavy atom. The monoisotopic (exact) mass is 474 g/mol. The molecule has 0 radical (unpaired) electrons. The van der Waals surface area contributed by atoms with Gasteiger partial charge in [0.2, 0.25) is 0 Å². The smallest absolute Gasteiger partial charge is 0.354 e. The van der Waals surface area contributed by atoms with Crippen LogP contribution in [0.15, 0.2) is 97.2 Å². The second kappa shape index (κ2) is 9.55. The Kier molecular flexibility index (Phi) is 5.98. The molecule has 0 amide bonds. The van der Waals surface area contributed by atoms with Crippen molar-refractivity contribution in [2.24, 2.45) is 0 Å². The summed E-state index contributed by atoms with van der Waals surface area (Å²) in [6.45, 7) is 0. The quantitative estimate of drug-likeness (QED) is 0.338. The van der Waals surface area contributed by atoms with Gasteiger partial charge in [0.05, 0.1) is 28.5 Å². The molecule has 8 heteroatoms. The highest BCUT2D eigenvalue weighted by Crippen LogP contribution is 2.27. The molecule has 0 aliphatic heterocycles. The summed E-state index contributed by atoms with van der Waals surface area (Å²) in [5, 5.41) is 18.6. The average molecular weight is 474 g/mol. The molecule has 0 saturated heterocycles. The van der Waals surface area contributed by atoms with Gasteiger partial charge in [-0.2, -0.15) is 0 Å². The number of rotatable bonds is 6. The summed E-state index contributed by atoms with van der Waals surface area (Å²) >= 11 is 0. The van der Waals surface area contributed by atoms with Crippen LogP contribution in [0.2, 0.25) is 0 Å². The van der Waals surface area contributed by atoms with E-state index in [1.54, 1.807) is 18.3 Å². The van der Waals surface area contributed by atoms with Gasteiger partial charge in [0.15, 0.2) is 0 Å². The molecule has 0 aliphatic rings. The minimum atomic E-state index is -1.29. The van der Waals surface area contributed by atoms with Crippen LogP contribution in [-0.2, 0) is 0 Å². The van der Waals surface area contributed by atoms with Crippen LogP contribution >= 0.6 is 0 Å². The average Bonchev–Trinajstić information content (AvgIpc) is 2.93. The van der Waals surface area contributed by atoms with Crippen molar-refractivity contribution in [3.8, 4) is 45.2 Å². The van der Waals surface area contributed by atoms with Gasteiger partial charge in [0.25, 0.3) is 0 Å². The highest BCUT2D eigenvalue weighted by Gasteiger charge is 2.14. The molecule has 0 unspecified atom stereocenters. The third-order valence-corrected chi connectivity index (χ3v) is 5.47. The maximum atomic E-state index is 11.4. The fourth-order valence-electron chi connectivity index (χ4n) is 3.72. The Balaban J connectivity index is 1.46. The van der Waals surface area contributed by atoms with E-state index in [1.165, 1.54) is 12.1 Å². The Morgan fingerprint density at radius 1 is 0.500 bits per heavy atom. The molecular formula is C28H18N4O4. The third-order valence-electron chi connectivity index (χ3n) is 5.47. The summed E-state index contributed by atoms with van der Waals surface area (Å²) in [7, 11) is 0. The number of carbonyl (C=O) groups is 2. The normalized spacial score (nSPS) is 10.7. The van der Waals surface area contributed by atoms with Gasteiger partial charge in [-0.25, -0.2) is 24.5 Å². The van der Waals surface area contributed by atoms with Crippen LogP contribution in [0.25, 0.3) is 45.2 Å². The Morgan fingerprint density at radius 2 is 1.00 bits per heavy atom. The second-order valence-electron chi connectivity index (χ2n) is 7.85. The maximum Gasteiger partial charge on any atom is 0.354 e. The largest absolute Gasteiger partial charge is 0.477 e.